The number of aryl methyl sites for hydroxylation is 3. The summed E-state index contributed by atoms with van der Waals surface area (Å²) >= 11 is 0. The molecule has 0 N–H and O–H groups in total. The van der Waals surface area contributed by atoms with Crippen LogP contribution in [0.3, 0.4) is 0 Å². The maximum Gasteiger partial charge on any atom is 0.132 e. The fraction of sp³-hybridized carbons (Fsp3) is 0.278. The predicted molar refractivity (Wildman–Crippen MR) is 78.7 cm³/mol. The van der Waals surface area contributed by atoms with E-state index >= 15 is 0 Å². The first kappa shape index (κ1) is 12.8. The third kappa shape index (κ3) is 3.40. The number of hydrogen-bond acceptors (Lipinski definition) is 0. The molecule has 2 aromatic rings. The molecule has 2 aromatic carbocycles. The molecule has 18 heavy (non-hydrogen) atoms. The minimum atomic E-state index is 1.12. The summed E-state index contributed by atoms with van der Waals surface area (Å²) in [6.07, 6.45) is 2.26. The van der Waals surface area contributed by atoms with Gasteiger partial charge in [0.25, 0.3) is 0 Å². The fourth-order valence-electron chi connectivity index (χ4n) is 2.07. The molecule has 2 rings (SSSR count). The highest BCUT2D eigenvalue weighted by Gasteiger charge is 2.12. The van der Waals surface area contributed by atoms with Crippen molar-refractivity contribution in [1.82, 2.24) is 0 Å². The monoisotopic (exact) mass is 237 g/mol. The summed E-state index contributed by atoms with van der Waals surface area (Å²) in [6.45, 7) is 6.50. The third-order valence-corrected chi connectivity index (χ3v) is 3.45. The normalized spacial score (nSPS) is 10.4. The highest BCUT2D eigenvalue weighted by Crippen LogP contribution is 2.20. The lowest BCUT2D eigenvalue weighted by molar-refractivity contribution is 0.854. The van der Waals surface area contributed by atoms with Gasteiger partial charge in [-0.25, -0.2) is 0 Å². The highest BCUT2D eigenvalue weighted by molar-refractivity contribution is 5.32. The molecule has 0 radical (unpaired) electrons. The van der Waals surface area contributed by atoms with Gasteiger partial charge in [0.05, 0.1) is 0 Å². The van der Waals surface area contributed by atoms with Gasteiger partial charge in [0.2, 0.25) is 0 Å². The van der Waals surface area contributed by atoms with E-state index in [0.717, 1.165) is 12.8 Å². The Morgan fingerprint density at radius 2 is 1.28 bits per heavy atom. The molecule has 0 nitrogen and oxygen atoms in total. The summed E-state index contributed by atoms with van der Waals surface area (Å²) in [5.74, 6) is 1.47. The van der Waals surface area contributed by atoms with Crippen LogP contribution in [0.25, 0.3) is 0 Å². The van der Waals surface area contributed by atoms with E-state index in [1.807, 2.05) is 0 Å². The van der Waals surface area contributed by atoms with Crippen molar-refractivity contribution in [2.45, 2.75) is 33.6 Å². The number of rotatable bonds is 4. The number of hydrogen-bond donors (Lipinski definition) is 0. The smallest absolute Gasteiger partial charge is 0.0591 e. The Labute approximate surface area is 111 Å². The molecule has 0 aliphatic heterocycles. The zero-order chi connectivity index (χ0) is 13.0. The van der Waals surface area contributed by atoms with E-state index in [9.17, 15) is 0 Å². The zero-order valence-corrected chi connectivity index (χ0v) is 11.5. The first-order chi connectivity index (χ1) is 8.65. The Hall–Kier alpha value is -1.69. The van der Waals surface area contributed by atoms with Crippen LogP contribution in [0.15, 0.2) is 48.5 Å². The van der Waals surface area contributed by atoms with Gasteiger partial charge in [-0.3, -0.25) is 0 Å². The van der Waals surface area contributed by atoms with Gasteiger partial charge in [-0.05, 0) is 43.5 Å². The van der Waals surface area contributed by atoms with Crippen molar-refractivity contribution in [3.05, 3.63) is 76.7 Å². The van der Waals surface area contributed by atoms with Gasteiger partial charge in [0.15, 0.2) is 0 Å². The van der Waals surface area contributed by atoms with E-state index < -0.39 is 0 Å². The third-order valence-electron chi connectivity index (χ3n) is 3.45. The van der Waals surface area contributed by atoms with Crippen LogP contribution in [-0.2, 0) is 6.42 Å². The summed E-state index contributed by atoms with van der Waals surface area (Å²) < 4.78 is 0. The van der Waals surface area contributed by atoms with Crippen LogP contribution in [0.2, 0.25) is 0 Å². The van der Waals surface area contributed by atoms with Crippen LogP contribution in [0.4, 0.5) is 0 Å². The summed E-state index contributed by atoms with van der Waals surface area (Å²) in [5.41, 5.74) is 5.45. The van der Waals surface area contributed by atoms with E-state index in [1.54, 1.807) is 0 Å². The molecular formula is C18H21+. The van der Waals surface area contributed by atoms with E-state index in [1.165, 1.54) is 28.2 Å². The molecule has 0 saturated carbocycles. The van der Waals surface area contributed by atoms with Gasteiger partial charge in [-0.15, -0.1) is 0 Å². The Morgan fingerprint density at radius 3 is 1.83 bits per heavy atom. The molecule has 0 heterocycles. The van der Waals surface area contributed by atoms with Gasteiger partial charge < -0.3 is 0 Å². The lowest BCUT2D eigenvalue weighted by Gasteiger charge is -2.06. The maximum atomic E-state index is 2.23. The molecule has 0 unspecified atom stereocenters. The van der Waals surface area contributed by atoms with Crippen molar-refractivity contribution in [2.75, 3.05) is 0 Å². The van der Waals surface area contributed by atoms with Crippen LogP contribution >= 0.6 is 0 Å². The Morgan fingerprint density at radius 1 is 0.778 bits per heavy atom. The minimum Gasteiger partial charge on any atom is -0.0591 e. The Bertz CT molecular complexity index is 476. The van der Waals surface area contributed by atoms with E-state index in [-0.39, 0.29) is 0 Å². The average Bonchev–Trinajstić information content (AvgIpc) is 2.38. The van der Waals surface area contributed by atoms with E-state index in [2.05, 4.69) is 69.3 Å². The van der Waals surface area contributed by atoms with Crippen molar-refractivity contribution in [3.63, 3.8) is 0 Å². The maximum absolute atomic E-state index is 2.23. The molecule has 0 heteroatoms. The predicted octanol–water partition coefficient (Wildman–Crippen LogP) is 4.88. The van der Waals surface area contributed by atoms with Crippen LogP contribution in [0.1, 0.15) is 35.6 Å². The summed E-state index contributed by atoms with van der Waals surface area (Å²) in [5, 5.41) is 0. The quantitative estimate of drug-likeness (QED) is 0.665. The van der Waals surface area contributed by atoms with Gasteiger partial charge in [0, 0.05) is 31.4 Å². The fourth-order valence-corrected chi connectivity index (χ4v) is 2.07. The zero-order valence-electron chi connectivity index (χ0n) is 11.5. The molecule has 0 saturated heterocycles. The topological polar surface area (TPSA) is 0 Å². The van der Waals surface area contributed by atoms with Crippen LogP contribution in [0.5, 0.6) is 0 Å². The molecule has 0 atom stereocenters. The average molecular weight is 237 g/mol. The van der Waals surface area contributed by atoms with E-state index in [0.29, 0.717) is 0 Å². The van der Waals surface area contributed by atoms with E-state index in [4.69, 9.17) is 0 Å². The standard InChI is InChI=1S/C18H21/c1-14-4-9-17(10-5-14)11-8-16(3)18-12-6-15(2)7-13-18/h4-7,9-10,12-13H,8,11H2,1-3H3/q+1. The molecule has 0 aliphatic carbocycles. The minimum absolute atomic E-state index is 1.12. The van der Waals surface area contributed by atoms with Gasteiger partial charge in [-0.2, -0.15) is 0 Å². The lowest BCUT2D eigenvalue weighted by atomic mass is 9.93. The molecule has 92 valence electrons. The van der Waals surface area contributed by atoms with Crippen LogP contribution in [0, 0.1) is 19.8 Å². The summed E-state index contributed by atoms with van der Waals surface area (Å²) in [6, 6.07) is 17.7. The molecular weight excluding hydrogens is 216 g/mol. The van der Waals surface area contributed by atoms with Gasteiger partial charge in [-0.1, -0.05) is 29.8 Å². The SMILES string of the molecule is Cc1ccc(CC[C+](C)c2ccc(C)cc2)cc1. The lowest BCUT2D eigenvalue weighted by Crippen LogP contribution is -1.97. The molecule has 0 fully saturated rings. The van der Waals surface area contributed by atoms with Crippen molar-refractivity contribution in [3.8, 4) is 0 Å². The van der Waals surface area contributed by atoms with Crippen molar-refractivity contribution in [2.24, 2.45) is 0 Å². The van der Waals surface area contributed by atoms with Crippen molar-refractivity contribution in [1.29, 1.82) is 0 Å². The van der Waals surface area contributed by atoms with Crippen LogP contribution in [-0.4, -0.2) is 0 Å². The molecule has 0 bridgehead atoms. The Kier molecular flexibility index (Phi) is 4.09. The molecule has 0 amide bonds. The molecule has 0 aromatic heterocycles. The summed E-state index contributed by atoms with van der Waals surface area (Å²) in [4.78, 5) is 0. The van der Waals surface area contributed by atoms with Crippen molar-refractivity contribution < 1.29 is 0 Å². The van der Waals surface area contributed by atoms with Crippen molar-refractivity contribution >= 4 is 0 Å². The largest absolute Gasteiger partial charge is 0.132 e. The summed E-state index contributed by atoms with van der Waals surface area (Å²) in [7, 11) is 0. The van der Waals surface area contributed by atoms with Gasteiger partial charge >= 0.3 is 0 Å². The first-order valence-corrected chi connectivity index (χ1v) is 6.60. The number of benzene rings is 2. The molecule has 0 spiro atoms. The second kappa shape index (κ2) is 5.77. The van der Waals surface area contributed by atoms with Gasteiger partial charge in [0.1, 0.15) is 5.56 Å². The second-order valence-electron chi connectivity index (χ2n) is 5.13. The molecule has 0 aliphatic rings. The van der Waals surface area contributed by atoms with Crippen LogP contribution < -0.4 is 0 Å². The second-order valence-corrected chi connectivity index (χ2v) is 5.13. The Balaban J connectivity index is 1.93. The highest BCUT2D eigenvalue weighted by atomic mass is 14.1. The first-order valence-electron chi connectivity index (χ1n) is 6.60.